The monoisotopic (exact) mass is 247 g/mol. The fourth-order valence-corrected chi connectivity index (χ4v) is 1.90. The molecule has 0 spiro atoms. The molecular weight excluding hydrogens is 230 g/mol. The lowest BCUT2D eigenvalue weighted by molar-refractivity contribution is -0.117. The van der Waals surface area contributed by atoms with Crippen molar-refractivity contribution in [3.8, 4) is 0 Å². The van der Waals surface area contributed by atoms with Crippen LogP contribution in [0.4, 0.5) is 11.4 Å². The van der Waals surface area contributed by atoms with Gasteiger partial charge in [0.25, 0.3) is 0 Å². The van der Waals surface area contributed by atoms with Crippen molar-refractivity contribution in [2.24, 2.45) is 5.73 Å². The van der Waals surface area contributed by atoms with Crippen LogP contribution in [0.5, 0.6) is 0 Å². The smallest absolute Gasteiger partial charge is 0.240 e. The van der Waals surface area contributed by atoms with E-state index in [1.54, 1.807) is 24.0 Å². The van der Waals surface area contributed by atoms with Gasteiger partial charge >= 0.3 is 0 Å². The molecule has 1 aliphatic rings. The first kappa shape index (κ1) is 12.6. The first-order valence-corrected chi connectivity index (χ1v) is 6.05. The predicted octanol–water partition coefficient (Wildman–Crippen LogP) is 1.10. The van der Waals surface area contributed by atoms with Crippen molar-refractivity contribution in [1.29, 1.82) is 0 Å². The molecule has 96 valence electrons. The van der Waals surface area contributed by atoms with Crippen molar-refractivity contribution in [3.63, 3.8) is 0 Å². The van der Waals surface area contributed by atoms with Crippen LogP contribution in [0, 0.1) is 0 Å². The summed E-state index contributed by atoms with van der Waals surface area (Å²) in [5.41, 5.74) is 7.03. The highest BCUT2D eigenvalue weighted by atomic mass is 16.2. The van der Waals surface area contributed by atoms with Gasteiger partial charge in [-0.15, -0.1) is 0 Å². The summed E-state index contributed by atoms with van der Waals surface area (Å²) in [5, 5.41) is 2.70. The van der Waals surface area contributed by atoms with Gasteiger partial charge in [-0.3, -0.25) is 9.59 Å². The second-order valence-corrected chi connectivity index (χ2v) is 4.47. The molecule has 0 aliphatic carbocycles. The average Bonchev–Trinajstić information content (AvgIpc) is 2.76. The van der Waals surface area contributed by atoms with Gasteiger partial charge in [0.05, 0.1) is 6.04 Å². The number of rotatable bonds is 3. The maximum Gasteiger partial charge on any atom is 0.240 e. The van der Waals surface area contributed by atoms with Gasteiger partial charge in [0.2, 0.25) is 11.8 Å². The van der Waals surface area contributed by atoms with E-state index in [-0.39, 0.29) is 11.8 Å². The summed E-state index contributed by atoms with van der Waals surface area (Å²) in [6.07, 6.45) is 1.52. The van der Waals surface area contributed by atoms with Crippen LogP contribution in [0.25, 0.3) is 0 Å². The lowest BCUT2D eigenvalue weighted by atomic mass is 10.2. The van der Waals surface area contributed by atoms with Crippen LogP contribution in [0.1, 0.15) is 19.8 Å². The van der Waals surface area contributed by atoms with Crippen LogP contribution < -0.4 is 16.0 Å². The first-order chi connectivity index (χ1) is 8.58. The van der Waals surface area contributed by atoms with Crippen molar-refractivity contribution in [2.75, 3.05) is 16.8 Å². The van der Waals surface area contributed by atoms with Gasteiger partial charge in [-0.1, -0.05) is 0 Å². The minimum absolute atomic E-state index is 0.155. The Balaban J connectivity index is 2.06. The third-order valence-corrected chi connectivity index (χ3v) is 2.93. The zero-order chi connectivity index (χ0) is 13.1. The molecule has 18 heavy (non-hydrogen) atoms. The summed E-state index contributed by atoms with van der Waals surface area (Å²) in [6.45, 7) is 2.40. The van der Waals surface area contributed by atoms with Gasteiger partial charge in [0.15, 0.2) is 0 Å². The van der Waals surface area contributed by atoms with Gasteiger partial charge in [0.1, 0.15) is 0 Å². The topological polar surface area (TPSA) is 75.4 Å². The van der Waals surface area contributed by atoms with E-state index >= 15 is 0 Å². The summed E-state index contributed by atoms with van der Waals surface area (Å²) < 4.78 is 0. The van der Waals surface area contributed by atoms with Crippen LogP contribution >= 0.6 is 0 Å². The molecule has 1 heterocycles. The molecule has 2 amide bonds. The molecule has 1 saturated heterocycles. The number of benzene rings is 1. The van der Waals surface area contributed by atoms with E-state index in [1.807, 2.05) is 12.1 Å². The molecule has 1 aromatic carbocycles. The molecule has 0 aromatic heterocycles. The van der Waals surface area contributed by atoms with E-state index in [9.17, 15) is 9.59 Å². The molecule has 0 bridgehead atoms. The van der Waals surface area contributed by atoms with Crippen molar-refractivity contribution in [3.05, 3.63) is 24.3 Å². The summed E-state index contributed by atoms with van der Waals surface area (Å²) >= 11 is 0. The third kappa shape index (κ3) is 2.68. The summed E-state index contributed by atoms with van der Waals surface area (Å²) in [5.74, 6) is -0.0673. The molecule has 2 rings (SSSR count). The molecule has 1 atom stereocenters. The highest BCUT2D eigenvalue weighted by Gasteiger charge is 2.21. The number of hydrogen-bond donors (Lipinski definition) is 2. The molecule has 1 fully saturated rings. The fraction of sp³-hybridized carbons (Fsp3) is 0.385. The quantitative estimate of drug-likeness (QED) is 0.839. The number of anilines is 2. The second-order valence-electron chi connectivity index (χ2n) is 4.47. The molecule has 3 N–H and O–H groups in total. The molecular formula is C13H17N3O2. The number of nitrogens with two attached hydrogens (primary N) is 1. The Morgan fingerprint density at radius 1 is 1.39 bits per heavy atom. The minimum Gasteiger partial charge on any atom is -0.325 e. The zero-order valence-electron chi connectivity index (χ0n) is 10.3. The van der Waals surface area contributed by atoms with Crippen LogP contribution in [0.15, 0.2) is 24.3 Å². The molecule has 1 aliphatic heterocycles. The minimum atomic E-state index is -0.537. The SMILES string of the molecule is C[C@H](N)C(=O)Nc1ccc(N2CCCC2=O)cc1. The Bertz CT molecular complexity index is 454. The van der Waals surface area contributed by atoms with E-state index in [0.29, 0.717) is 12.1 Å². The Kier molecular flexibility index (Phi) is 3.62. The predicted molar refractivity (Wildman–Crippen MR) is 70.3 cm³/mol. The second kappa shape index (κ2) is 5.18. The lowest BCUT2D eigenvalue weighted by Crippen LogP contribution is -2.32. The summed E-state index contributed by atoms with van der Waals surface area (Å²) in [4.78, 5) is 24.7. The molecule has 0 radical (unpaired) electrons. The average molecular weight is 247 g/mol. The molecule has 1 aromatic rings. The normalized spacial score (nSPS) is 16.8. The van der Waals surface area contributed by atoms with E-state index in [1.165, 1.54) is 0 Å². The molecule has 5 nitrogen and oxygen atoms in total. The van der Waals surface area contributed by atoms with Crippen LogP contribution in [0.3, 0.4) is 0 Å². The van der Waals surface area contributed by atoms with Crippen LogP contribution in [-0.4, -0.2) is 24.4 Å². The van der Waals surface area contributed by atoms with Crippen molar-refractivity contribution >= 4 is 23.2 Å². The van der Waals surface area contributed by atoms with E-state index in [0.717, 1.165) is 18.7 Å². The standard InChI is InChI=1S/C13H17N3O2/c1-9(14)13(18)15-10-4-6-11(7-5-10)16-8-2-3-12(16)17/h4-7,9H,2-3,8,14H2,1H3,(H,15,18)/t9-/m0/s1. The number of hydrogen-bond acceptors (Lipinski definition) is 3. The largest absolute Gasteiger partial charge is 0.325 e. The summed E-state index contributed by atoms with van der Waals surface area (Å²) in [6, 6.07) is 6.69. The Hall–Kier alpha value is -1.88. The zero-order valence-corrected chi connectivity index (χ0v) is 10.3. The van der Waals surface area contributed by atoms with Gasteiger partial charge in [-0.25, -0.2) is 0 Å². The van der Waals surface area contributed by atoms with Gasteiger partial charge < -0.3 is 16.0 Å². The Labute approximate surface area is 106 Å². The Morgan fingerprint density at radius 2 is 2.06 bits per heavy atom. The highest BCUT2D eigenvalue weighted by molar-refractivity contribution is 5.96. The van der Waals surface area contributed by atoms with Crippen LogP contribution in [0.2, 0.25) is 0 Å². The molecule has 0 saturated carbocycles. The van der Waals surface area contributed by atoms with Crippen molar-refractivity contribution in [1.82, 2.24) is 0 Å². The number of amides is 2. The van der Waals surface area contributed by atoms with Crippen molar-refractivity contribution < 1.29 is 9.59 Å². The number of carbonyl (C=O) groups excluding carboxylic acids is 2. The maximum absolute atomic E-state index is 11.6. The third-order valence-electron chi connectivity index (χ3n) is 2.93. The Morgan fingerprint density at radius 3 is 2.56 bits per heavy atom. The fourth-order valence-electron chi connectivity index (χ4n) is 1.90. The van der Waals surface area contributed by atoms with Gasteiger partial charge in [-0.05, 0) is 37.6 Å². The molecule has 0 unspecified atom stereocenters. The van der Waals surface area contributed by atoms with E-state index in [2.05, 4.69) is 5.32 Å². The maximum atomic E-state index is 11.6. The highest BCUT2D eigenvalue weighted by Crippen LogP contribution is 2.22. The van der Waals surface area contributed by atoms with E-state index < -0.39 is 6.04 Å². The van der Waals surface area contributed by atoms with Gasteiger partial charge in [0, 0.05) is 24.3 Å². The number of carbonyl (C=O) groups is 2. The number of nitrogens with one attached hydrogen (secondary N) is 1. The first-order valence-electron chi connectivity index (χ1n) is 6.05. The van der Waals surface area contributed by atoms with Crippen LogP contribution in [-0.2, 0) is 9.59 Å². The molecule has 5 heteroatoms. The van der Waals surface area contributed by atoms with Crippen molar-refractivity contribution in [2.45, 2.75) is 25.8 Å². The van der Waals surface area contributed by atoms with Gasteiger partial charge in [-0.2, -0.15) is 0 Å². The lowest BCUT2D eigenvalue weighted by Gasteiger charge is -2.16. The van der Waals surface area contributed by atoms with E-state index in [4.69, 9.17) is 5.73 Å². The number of nitrogens with zero attached hydrogens (tertiary/aromatic N) is 1. The summed E-state index contributed by atoms with van der Waals surface area (Å²) in [7, 11) is 0.